The Balaban J connectivity index is 1.17. The van der Waals surface area contributed by atoms with Crippen LogP contribution in [0, 0.1) is 0 Å². The molecule has 8 rings (SSSR count). The first kappa shape index (κ1) is 30.3. The van der Waals surface area contributed by atoms with Crippen molar-refractivity contribution in [3.05, 3.63) is 130 Å². The van der Waals surface area contributed by atoms with Crippen LogP contribution in [0.3, 0.4) is 0 Å². The van der Waals surface area contributed by atoms with Crippen LogP contribution < -0.4 is 9.80 Å². The van der Waals surface area contributed by atoms with Crippen LogP contribution >= 0.6 is 0 Å². The van der Waals surface area contributed by atoms with Gasteiger partial charge in [0.15, 0.2) is 0 Å². The van der Waals surface area contributed by atoms with Gasteiger partial charge in [-0.15, -0.1) is 0 Å². The molecule has 2 nitrogen and oxygen atoms in total. The van der Waals surface area contributed by atoms with Gasteiger partial charge in [-0.25, -0.2) is 0 Å². The Bertz CT molecular complexity index is 2030. The lowest BCUT2D eigenvalue weighted by Crippen LogP contribution is -2.43. The van der Waals surface area contributed by atoms with E-state index in [4.69, 9.17) is 0 Å². The maximum Gasteiger partial charge on any atom is 0.0597 e. The quantitative estimate of drug-likeness (QED) is 0.224. The molecule has 1 atom stereocenters. The standard InChI is InChI=1S/C45H50N2/c1-7-46-38-25-23-32-17-9-11-21-36(32)40(38)44(3,4)42(46)34-19-13-15-30(28-34)27-31-16-14-20-35(29-31)43-45(5,6)41-37-22-12-10-18-33(37)24-26-39(41)47(43)8-2/h9-12,17-18,21-29,42H,7-8,13-16,19-20H2,1-6H3. The Morgan fingerprint density at radius 2 is 1.34 bits per heavy atom. The van der Waals surface area contributed by atoms with Crippen LogP contribution in [-0.2, 0) is 10.8 Å². The fourth-order valence-electron chi connectivity index (χ4n) is 10.1. The van der Waals surface area contributed by atoms with E-state index in [-0.39, 0.29) is 10.8 Å². The Kier molecular flexibility index (Phi) is 7.28. The average molecular weight is 619 g/mol. The maximum atomic E-state index is 2.70. The number of hydrogen-bond acceptors (Lipinski definition) is 2. The second kappa shape index (κ2) is 11.3. The molecule has 2 aliphatic carbocycles. The number of allylic oxidation sites excluding steroid dienone is 7. The van der Waals surface area contributed by atoms with Gasteiger partial charge in [0.2, 0.25) is 0 Å². The van der Waals surface area contributed by atoms with Crippen LogP contribution in [0.4, 0.5) is 11.4 Å². The minimum absolute atomic E-state index is 0.0393. The highest BCUT2D eigenvalue weighted by Gasteiger charge is 2.47. The zero-order chi connectivity index (χ0) is 32.5. The second-order valence-electron chi connectivity index (χ2n) is 15.4. The third-order valence-corrected chi connectivity index (χ3v) is 11.8. The monoisotopic (exact) mass is 618 g/mol. The smallest absolute Gasteiger partial charge is 0.0597 e. The van der Waals surface area contributed by atoms with Crippen LogP contribution in [0.25, 0.3) is 21.5 Å². The molecule has 0 radical (unpaired) electrons. The van der Waals surface area contributed by atoms with E-state index < -0.39 is 0 Å². The summed E-state index contributed by atoms with van der Waals surface area (Å²) in [6, 6.07) is 27.7. The molecular weight excluding hydrogens is 569 g/mol. The summed E-state index contributed by atoms with van der Waals surface area (Å²) >= 11 is 0. The highest BCUT2D eigenvalue weighted by molar-refractivity contribution is 5.95. The molecule has 0 spiro atoms. The van der Waals surface area contributed by atoms with E-state index in [0.29, 0.717) is 6.04 Å². The highest BCUT2D eigenvalue weighted by Crippen LogP contribution is 2.54. The van der Waals surface area contributed by atoms with Crippen molar-refractivity contribution < 1.29 is 0 Å². The van der Waals surface area contributed by atoms with Gasteiger partial charge < -0.3 is 9.80 Å². The van der Waals surface area contributed by atoms with Crippen molar-refractivity contribution in [1.29, 1.82) is 0 Å². The van der Waals surface area contributed by atoms with Gasteiger partial charge in [0, 0.05) is 41.0 Å². The molecule has 0 aromatic heterocycles. The lowest BCUT2D eigenvalue weighted by Gasteiger charge is -2.37. The molecule has 2 aliphatic heterocycles. The normalized spacial score (nSPS) is 24.1. The molecule has 0 saturated carbocycles. The topological polar surface area (TPSA) is 6.48 Å². The molecule has 0 amide bonds. The summed E-state index contributed by atoms with van der Waals surface area (Å²) in [5.74, 6) is 0. The molecule has 0 fully saturated rings. The zero-order valence-electron chi connectivity index (χ0n) is 29.3. The summed E-state index contributed by atoms with van der Waals surface area (Å²) in [5.41, 5.74) is 13.5. The Hall–Kier alpha value is -4.04. The largest absolute Gasteiger partial charge is 0.364 e. The van der Waals surface area contributed by atoms with Crippen molar-refractivity contribution in [3.63, 3.8) is 0 Å². The molecular formula is C45H50N2. The van der Waals surface area contributed by atoms with Crippen molar-refractivity contribution in [3.8, 4) is 0 Å². The zero-order valence-corrected chi connectivity index (χ0v) is 29.3. The molecule has 47 heavy (non-hydrogen) atoms. The first-order chi connectivity index (χ1) is 22.7. The summed E-state index contributed by atoms with van der Waals surface area (Å²) in [6.07, 6.45) is 14.9. The van der Waals surface area contributed by atoms with Crippen LogP contribution in [0.15, 0.2) is 119 Å². The highest BCUT2D eigenvalue weighted by atomic mass is 15.2. The average Bonchev–Trinajstić information content (AvgIpc) is 3.47. The molecule has 0 bridgehead atoms. The first-order valence-electron chi connectivity index (χ1n) is 18.2. The Labute approximate surface area is 282 Å². The number of anilines is 2. The fourth-order valence-corrected chi connectivity index (χ4v) is 10.1. The molecule has 1 unspecified atom stereocenters. The third-order valence-electron chi connectivity index (χ3n) is 11.8. The predicted octanol–water partition coefficient (Wildman–Crippen LogP) is 11.7. The molecule has 0 saturated heterocycles. The van der Waals surface area contributed by atoms with E-state index in [1.807, 2.05) is 0 Å². The number of fused-ring (bicyclic) bond motifs is 6. The van der Waals surface area contributed by atoms with E-state index in [1.54, 1.807) is 5.57 Å². The summed E-state index contributed by atoms with van der Waals surface area (Å²) in [5, 5.41) is 5.51. The van der Waals surface area contributed by atoms with Crippen LogP contribution in [-0.4, -0.2) is 19.1 Å². The molecule has 2 heteroatoms. The molecule has 4 aromatic carbocycles. The summed E-state index contributed by atoms with van der Waals surface area (Å²) in [4.78, 5) is 5.31. The van der Waals surface area contributed by atoms with Crippen LogP contribution in [0.2, 0.25) is 0 Å². The lowest BCUT2D eigenvalue weighted by molar-refractivity contribution is 0.449. The minimum atomic E-state index is -0.0393. The maximum absolute atomic E-state index is 2.70. The third kappa shape index (κ3) is 4.66. The van der Waals surface area contributed by atoms with Gasteiger partial charge in [-0.1, -0.05) is 107 Å². The molecule has 0 N–H and O–H groups in total. The number of nitrogens with zero attached hydrogens (tertiary/aromatic N) is 2. The summed E-state index contributed by atoms with van der Waals surface area (Å²) in [7, 11) is 0. The second-order valence-corrected chi connectivity index (χ2v) is 15.4. The summed E-state index contributed by atoms with van der Waals surface area (Å²) in [6.45, 7) is 16.6. The SMILES string of the molecule is CCN1C(=C2C=C(C=C3C=C(C4N(CC)c5ccc6ccccc6c5C4(C)C)CCC3)CCC2)C(C)(C)c2c1ccc1ccccc21. The van der Waals surface area contributed by atoms with Gasteiger partial charge >= 0.3 is 0 Å². The van der Waals surface area contributed by atoms with Gasteiger partial charge in [-0.05, 0) is 119 Å². The van der Waals surface area contributed by atoms with Gasteiger partial charge in [0.05, 0.1) is 6.04 Å². The fraction of sp³-hybridized carbons (Fsp3) is 0.378. The lowest BCUT2D eigenvalue weighted by atomic mass is 9.73. The summed E-state index contributed by atoms with van der Waals surface area (Å²) < 4.78 is 0. The van der Waals surface area contributed by atoms with Crippen LogP contribution in [0.1, 0.15) is 91.2 Å². The number of benzene rings is 4. The number of likely N-dealkylation sites (N-methyl/N-ethyl adjacent to an activating group) is 2. The Morgan fingerprint density at radius 1 is 0.681 bits per heavy atom. The number of rotatable bonds is 4. The van der Waals surface area contributed by atoms with Crippen LogP contribution in [0.5, 0.6) is 0 Å². The van der Waals surface area contributed by atoms with Gasteiger partial charge in [0.1, 0.15) is 0 Å². The number of hydrogen-bond donors (Lipinski definition) is 0. The Morgan fingerprint density at radius 3 is 2.04 bits per heavy atom. The van der Waals surface area contributed by atoms with Crippen molar-refractivity contribution in [1.82, 2.24) is 0 Å². The molecule has 240 valence electrons. The van der Waals surface area contributed by atoms with Gasteiger partial charge in [-0.2, -0.15) is 0 Å². The van der Waals surface area contributed by atoms with Gasteiger partial charge in [-0.3, -0.25) is 0 Å². The molecule has 4 aliphatic rings. The van der Waals surface area contributed by atoms with E-state index in [0.717, 1.165) is 19.5 Å². The first-order valence-corrected chi connectivity index (χ1v) is 18.2. The molecule has 4 aromatic rings. The minimum Gasteiger partial charge on any atom is -0.364 e. The van der Waals surface area contributed by atoms with Crippen molar-refractivity contribution in [2.24, 2.45) is 0 Å². The van der Waals surface area contributed by atoms with Gasteiger partial charge in [0.25, 0.3) is 0 Å². The molecule has 2 heterocycles. The predicted molar refractivity (Wildman–Crippen MR) is 203 cm³/mol. The van der Waals surface area contributed by atoms with E-state index in [9.17, 15) is 0 Å². The van der Waals surface area contributed by atoms with E-state index >= 15 is 0 Å². The van der Waals surface area contributed by atoms with Crippen molar-refractivity contribution in [2.75, 3.05) is 22.9 Å². The van der Waals surface area contributed by atoms with E-state index in [1.165, 1.54) is 98.6 Å². The van der Waals surface area contributed by atoms with Crippen molar-refractivity contribution in [2.45, 2.75) is 96.9 Å². The van der Waals surface area contributed by atoms with Crippen molar-refractivity contribution >= 4 is 32.9 Å². The van der Waals surface area contributed by atoms with E-state index in [2.05, 4.69) is 142 Å².